The molecule has 0 saturated heterocycles. The van der Waals surface area contributed by atoms with E-state index >= 15 is 0 Å². The van der Waals surface area contributed by atoms with E-state index in [1.807, 2.05) is 0 Å². The minimum Gasteiger partial charge on any atom is -0.481 e. The molecule has 0 fully saturated rings. The maximum Gasteiger partial charge on any atom is 0.326 e. The van der Waals surface area contributed by atoms with Gasteiger partial charge in [-0.15, -0.1) is 0 Å². The number of hydrogen-bond donors (Lipinski definition) is 17. The van der Waals surface area contributed by atoms with Crippen LogP contribution in [0.15, 0.2) is 12.5 Å². The lowest BCUT2D eigenvalue weighted by molar-refractivity contribution is -0.144. The molecular formula is C99H175N13O21. The third-order valence-electron chi connectivity index (χ3n) is 25.1. The zero-order valence-corrected chi connectivity index (χ0v) is 81.0. The smallest absolute Gasteiger partial charge is 0.326 e. The SMILES string of the molecule is CC(C)(CC(=O)[C@@H](N)Cc1cnc[nH]1)C(=O)CC[C@@H](CCCCNC(=O)[C@@H](N)CCCCCC(=O)[C@@H](N)CCCCNC(=O)CC[C@H](CC(=O)CCCCCCCCCCCCCCCCC(=O)O)C(=O)O)C(=O)CN[C@@H](CCCCNC(=O)[C@@H](N)CCCCNC(=O)[C@@H](N)CCCCCC(=O)CC[C@H](NC(=O)CCCCCCCCCCCCCCCCC(=O)O)C(=O)O)C(=O)O. The summed E-state index contributed by atoms with van der Waals surface area (Å²) in [7, 11) is 0. The summed E-state index contributed by atoms with van der Waals surface area (Å²) in [5.74, 6) is -9.45. The summed E-state index contributed by atoms with van der Waals surface area (Å²) in [5.41, 5.74) is 30.6. The van der Waals surface area contributed by atoms with Gasteiger partial charge >= 0.3 is 29.8 Å². The second kappa shape index (κ2) is 78.8. The first-order valence-corrected chi connectivity index (χ1v) is 50.8. The molecule has 1 aromatic rings. The van der Waals surface area contributed by atoms with E-state index in [2.05, 4.69) is 41.9 Å². The number of aliphatic carboxylic acids is 5. The average molecular weight is 1880 g/mol. The van der Waals surface area contributed by atoms with Crippen LogP contribution in [0.3, 0.4) is 0 Å². The molecule has 0 aliphatic rings. The van der Waals surface area contributed by atoms with Crippen LogP contribution in [-0.4, -0.2) is 205 Å². The highest BCUT2D eigenvalue weighted by Crippen LogP contribution is 2.29. The molecule has 9 atom stereocenters. The number of nitrogens with two attached hydrogens (primary N) is 5. The topological polar surface area (TPSA) is 605 Å². The lowest BCUT2D eigenvalue weighted by Gasteiger charge is -2.25. The quantitative estimate of drug-likeness (QED) is 0.0269. The number of ketones is 6. The summed E-state index contributed by atoms with van der Waals surface area (Å²) >= 11 is 0. The molecule has 0 spiro atoms. The van der Waals surface area contributed by atoms with Gasteiger partial charge in [0.25, 0.3) is 0 Å². The van der Waals surface area contributed by atoms with Gasteiger partial charge in [0.15, 0.2) is 5.78 Å². The van der Waals surface area contributed by atoms with Gasteiger partial charge in [0.2, 0.25) is 29.5 Å². The Morgan fingerprint density at radius 3 is 1.14 bits per heavy atom. The number of Topliss-reactive ketones (excluding diaryl/α,β-unsaturated/α-hetero) is 6. The molecule has 133 heavy (non-hydrogen) atoms. The number of nitrogens with zero attached hydrogens (tertiary/aromatic N) is 1. The molecule has 0 radical (unpaired) electrons. The molecule has 22 N–H and O–H groups in total. The van der Waals surface area contributed by atoms with Crippen molar-refractivity contribution in [3.63, 3.8) is 0 Å². The number of carboxylic acids is 5. The Kier molecular flexibility index (Phi) is 72.7. The van der Waals surface area contributed by atoms with Crippen LogP contribution in [0, 0.1) is 17.3 Å². The lowest BCUT2D eigenvalue weighted by Crippen LogP contribution is -2.42. The summed E-state index contributed by atoms with van der Waals surface area (Å²) in [5, 5.41) is 63.8. The Hall–Kier alpha value is -8.31. The molecule has 0 bridgehead atoms. The fourth-order valence-corrected chi connectivity index (χ4v) is 16.3. The van der Waals surface area contributed by atoms with Gasteiger partial charge in [-0.25, -0.2) is 9.78 Å². The molecule has 0 unspecified atom stereocenters. The minimum absolute atomic E-state index is 0.00183. The Balaban J connectivity index is 2.46. The Morgan fingerprint density at radius 2 is 0.707 bits per heavy atom. The highest BCUT2D eigenvalue weighted by atomic mass is 16.4. The number of H-pyrrole nitrogens is 1. The number of imidazole rings is 1. The van der Waals surface area contributed by atoms with Gasteiger partial charge in [-0.1, -0.05) is 200 Å². The van der Waals surface area contributed by atoms with Crippen LogP contribution in [0.1, 0.15) is 418 Å². The van der Waals surface area contributed by atoms with E-state index in [0.29, 0.717) is 154 Å². The molecule has 1 rings (SSSR count). The van der Waals surface area contributed by atoms with Crippen LogP contribution in [0.25, 0.3) is 0 Å². The first-order chi connectivity index (χ1) is 63.6. The van der Waals surface area contributed by atoms with Crippen molar-refractivity contribution in [1.29, 1.82) is 0 Å². The summed E-state index contributed by atoms with van der Waals surface area (Å²) in [6.07, 6.45) is 43.8. The molecule has 1 heterocycles. The maximum atomic E-state index is 14.0. The molecule has 1 aromatic heterocycles. The summed E-state index contributed by atoms with van der Waals surface area (Å²) in [4.78, 5) is 207. The highest BCUT2D eigenvalue weighted by molar-refractivity contribution is 5.93. The number of aromatic amines is 1. The highest BCUT2D eigenvalue weighted by Gasteiger charge is 2.34. The van der Waals surface area contributed by atoms with E-state index in [-0.39, 0.29) is 180 Å². The number of aromatic nitrogens is 2. The van der Waals surface area contributed by atoms with Crippen molar-refractivity contribution < 1.29 is 102 Å². The Bertz CT molecular complexity index is 3460. The number of carbonyl (C=O) groups excluding carboxylic acids is 11. The van der Waals surface area contributed by atoms with Gasteiger partial charge in [-0.05, 0) is 141 Å². The van der Waals surface area contributed by atoms with Crippen LogP contribution in [-0.2, 0) is 83.1 Å². The van der Waals surface area contributed by atoms with Crippen LogP contribution in [0.4, 0.5) is 0 Å². The van der Waals surface area contributed by atoms with Crippen LogP contribution >= 0.6 is 0 Å². The molecule has 0 aromatic carbocycles. The van der Waals surface area contributed by atoms with Gasteiger partial charge in [-0.3, -0.25) is 77.2 Å². The van der Waals surface area contributed by atoms with Crippen molar-refractivity contribution in [1.82, 2.24) is 41.9 Å². The molecule has 34 nitrogen and oxygen atoms in total. The van der Waals surface area contributed by atoms with E-state index in [4.69, 9.17) is 38.9 Å². The number of rotatable bonds is 95. The van der Waals surface area contributed by atoms with Crippen LogP contribution in [0.2, 0.25) is 0 Å². The second-order valence-electron chi connectivity index (χ2n) is 37.6. The lowest BCUT2D eigenvalue weighted by atomic mass is 9.78. The zero-order valence-electron chi connectivity index (χ0n) is 81.0. The number of hydrogen-bond acceptors (Lipinski definition) is 23. The van der Waals surface area contributed by atoms with Crippen molar-refractivity contribution in [2.24, 2.45) is 45.9 Å². The first kappa shape index (κ1) is 123. The van der Waals surface area contributed by atoms with E-state index in [0.717, 1.165) is 109 Å². The van der Waals surface area contributed by atoms with Gasteiger partial charge in [0.05, 0.1) is 49.0 Å². The Morgan fingerprint density at radius 1 is 0.331 bits per heavy atom. The molecule has 0 aliphatic carbocycles. The number of carboxylic acid groups (broad SMARTS) is 5. The number of amides is 5. The van der Waals surface area contributed by atoms with E-state index in [9.17, 15) is 92.0 Å². The maximum absolute atomic E-state index is 14.0. The van der Waals surface area contributed by atoms with Crippen molar-refractivity contribution in [2.45, 2.75) is 461 Å². The fraction of sp³-hybridized carbons (Fsp3) is 0.808. The van der Waals surface area contributed by atoms with Crippen molar-refractivity contribution in [2.75, 3.05) is 32.7 Å². The molecule has 762 valence electrons. The first-order valence-electron chi connectivity index (χ1n) is 50.8. The number of carbonyl (C=O) groups is 16. The number of unbranched alkanes of at least 4 members (excludes halogenated alkanes) is 34. The van der Waals surface area contributed by atoms with E-state index < -0.39 is 89.4 Å². The van der Waals surface area contributed by atoms with Crippen molar-refractivity contribution >= 4 is 94.1 Å². The molecule has 0 saturated carbocycles. The van der Waals surface area contributed by atoms with Crippen LogP contribution in [0.5, 0.6) is 0 Å². The summed E-state index contributed by atoms with van der Waals surface area (Å²) in [6.45, 7) is 4.11. The standard InChI is InChI=1S/C99H175N13O21/c1-99(2,69-86(116)82(104)68-75-70-105-72-111-75)88(118)61-57-73(45-37-41-64-107-93(125)80(102)50-32-28-33-53-85(115)78(100)48-38-42-63-106-89(119)62-58-74(96(128)129)67-77(114)47-29-23-19-15-11-7-3-5-9-13-17-21-25-35-55-91(121)122)87(117)71-110-83(97(130)131)52-40-44-66-109-95(127)81(103)51-39-43-65-108-94(126)79(101)49-31-27-30-46-76(113)59-60-84(98(132)133)112-90(120)54-34-24-20-16-12-8-4-6-10-14-18-22-26-36-56-92(123)124/h70,72-74,78-84,110H,3-69,71,100-104H2,1-2H3,(H,105,111)(H,106,119)(H,107,125)(H,108,126)(H,109,127)(H,112,120)(H,121,122)(H,123,124)(H,128,129)(H,130,131)(H,132,133)/t73-,74-,78+,79+,80+,81+,82+,83+,84+/m1/s1. The predicted molar refractivity (Wildman–Crippen MR) is 513 cm³/mol. The third kappa shape index (κ3) is 68.4. The van der Waals surface area contributed by atoms with Gasteiger partial charge < -0.3 is 85.8 Å². The van der Waals surface area contributed by atoms with Gasteiger partial charge in [0.1, 0.15) is 41.0 Å². The molecular weight excluding hydrogens is 1710 g/mol. The zero-order chi connectivity index (χ0) is 98.7. The van der Waals surface area contributed by atoms with Gasteiger partial charge in [-0.2, -0.15) is 0 Å². The summed E-state index contributed by atoms with van der Waals surface area (Å²) < 4.78 is 0. The monoisotopic (exact) mass is 1880 g/mol. The minimum atomic E-state index is -1.18. The average Bonchev–Trinajstić information content (AvgIpc) is 1.44. The van der Waals surface area contributed by atoms with Crippen molar-refractivity contribution in [3.05, 3.63) is 18.2 Å². The largest absolute Gasteiger partial charge is 0.481 e. The normalized spacial score (nSPS) is 13.6. The van der Waals surface area contributed by atoms with Crippen LogP contribution < -0.4 is 60.6 Å². The summed E-state index contributed by atoms with van der Waals surface area (Å²) in [6, 6.07) is -6.23. The molecule has 0 aliphatic heterocycles. The third-order valence-corrected chi connectivity index (χ3v) is 25.1. The van der Waals surface area contributed by atoms with Gasteiger partial charge in [0, 0.05) is 126 Å². The Labute approximate surface area is 791 Å². The second-order valence-corrected chi connectivity index (χ2v) is 37.6. The molecule has 34 heteroatoms. The fourth-order valence-electron chi connectivity index (χ4n) is 16.3. The predicted octanol–water partition coefficient (Wildman–Crippen LogP) is 12.8. The van der Waals surface area contributed by atoms with E-state index in [1.165, 1.54) is 70.5 Å². The number of nitrogens with one attached hydrogen (secondary N) is 7. The molecule has 5 amide bonds. The van der Waals surface area contributed by atoms with Crippen molar-refractivity contribution in [3.8, 4) is 0 Å². The van der Waals surface area contributed by atoms with E-state index in [1.54, 1.807) is 20.0 Å².